The Morgan fingerprint density at radius 3 is 0.455 bits per heavy atom. The molecule has 0 amide bonds. The molecular formula is H6Al2Fe2O3P2Ti2. The molecule has 0 fully saturated rings. The van der Waals surface area contributed by atoms with Crippen LogP contribution in [-0.2, 0) is 94.0 Å². The summed E-state index contributed by atoms with van der Waals surface area (Å²) in [5.41, 5.74) is 0. The fraction of sp³-hybridized carbons (Fsp3) is 0. The summed E-state index contributed by atoms with van der Waals surface area (Å²) in [4.78, 5) is 0. The molecule has 0 saturated carbocycles. The van der Waals surface area contributed by atoms with Crippen LogP contribution in [0.5, 0.6) is 0 Å². The number of hydrogen-bond donors (Lipinski definition) is 0. The van der Waals surface area contributed by atoms with Crippen molar-refractivity contribution in [2.45, 2.75) is 0 Å². The first-order valence-electron chi connectivity index (χ1n) is 0. The minimum atomic E-state index is 0. The Labute approximate surface area is 146 Å². The molecule has 0 aromatic rings. The van der Waals surface area contributed by atoms with Gasteiger partial charge in [-0.25, -0.2) is 0 Å². The molecule has 0 heterocycles. The molecule has 0 radical (unpaired) electrons. The van der Waals surface area contributed by atoms with E-state index in [-0.39, 0.29) is 149 Å². The quantitative estimate of drug-likeness (QED) is 0.383. The summed E-state index contributed by atoms with van der Waals surface area (Å²) in [5.74, 6) is 0. The number of rotatable bonds is 0. The normalized spacial score (nSPS) is 0. The fourth-order valence-electron chi connectivity index (χ4n) is 0. The molecule has 11 heavy (non-hydrogen) atoms. The van der Waals surface area contributed by atoms with Crippen molar-refractivity contribution in [2.24, 2.45) is 0 Å². The van der Waals surface area contributed by atoms with Gasteiger partial charge in [-0.2, -0.15) is 19.8 Å². The van der Waals surface area contributed by atoms with Gasteiger partial charge in [0.25, 0.3) is 0 Å². The van der Waals surface area contributed by atoms with Crippen LogP contribution in [0.1, 0.15) is 0 Å². The monoisotopic (exact) mass is 378 g/mol. The van der Waals surface area contributed by atoms with E-state index in [1.165, 1.54) is 0 Å². The van der Waals surface area contributed by atoms with Gasteiger partial charge in [-0.1, -0.05) is 0 Å². The van der Waals surface area contributed by atoms with Crippen LogP contribution in [0.25, 0.3) is 0 Å². The van der Waals surface area contributed by atoms with E-state index in [0.29, 0.717) is 0 Å². The molecule has 0 rings (SSSR count). The second-order valence-electron chi connectivity index (χ2n) is 0. The largest absolute Gasteiger partial charge is 3.00 e. The summed E-state index contributed by atoms with van der Waals surface area (Å²) in [5, 5.41) is 0. The van der Waals surface area contributed by atoms with Crippen molar-refractivity contribution in [3.63, 3.8) is 0 Å². The zero-order valence-corrected chi connectivity index (χ0v) is 16.0. The van der Waals surface area contributed by atoms with Crippen LogP contribution < -0.4 is 0 Å². The molecule has 3 nitrogen and oxygen atoms in total. The van der Waals surface area contributed by atoms with Crippen LogP contribution in [0.3, 0.4) is 0 Å². The Hall–Kier alpha value is 4.27. The average molecular weight is 377 g/mol. The van der Waals surface area contributed by atoms with Gasteiger partial charge in [-0.15, -0.1) is 0 Å². The molecule has 0 spiro atoms. The topological polar surface area (TPSA) is 85.5 Å². The smallest absolute Gasteiger partial charge is 2.00 e. The van der Waals surface area contributed by atoms with Gasteiger partial charge in [0, 0.05) is 77.6 Å². The van der Waals surface area contributed by atoms with Crippen LogP contribution in [0, 0.1) is 0 Å². The molecule has 0 aromatic heterocycles. The van der Waals surface area contributed by atoms with E-state index >= 15 is 0 Å². The van der Waals surface area contributed by atoms with Crippen molar-refractivity contribution in [1.29, 1.82) is 0 Å². The predicted molar refractivity (Wildman–Crippen MR) is 35.8 cm³/mol. The van der Waals surface area contributed by atoms with Crippen LogP contribution in [0.15, 0.2) is 0 Å². The van der Waals surface area contributed by atoms with Crippen molar-refractivity contribution in [2.75, 3.05) is 0 Å². The van der Waals surface area contributed by atoms with Crippen molar-refractivity contribution >= 4 is 54.5 Å². The first-order chi connectivity index (χ1) is 0. The van der Waals surface area contributed by atoms with Gasteiger partial charge in [-0.3, -0.25) is 0 Å². The van der Waals surface area contributed by atoms with Gasteiger partial charge >= 0.3 is 34.7 Å². The predicted octanol–water partition coefficient (Wildman–Crippen LogP) is -1.01. The summed E-state index contributed by atoms with van der Waals surface area (Å²) >= 11 is 0. The third-order valence-corrected chi connectivity index (χ3v) is 0. The Morgan fingerprint density at radius 1 is 0.455 bits per heavy atom. The summed E-state index contributed by atoms with van der Waals surface area (Å²) < 4.78 is 0. The first kappa shape index (κ1) is 170. The van der Waals surface area contributed by atoms with E-state index in [9.17, 15) is 0 Å². The molecule has 11 heteroatoms. The van der Waals surface area contributed by atoms with Gasteiger partial charge in [0.15, 0.2) is 0 Å². The molecule has 0 bridgehead atoms. The van der Waals surface area contributed by atoms with E-state index in [4.69, 9.17) is 0 Å². The van der Waals surface area contributed by atoms with Crippen molar-refractivity contribution < 1.29 is 94.0 Å². The van der Waals surface area contributed by atoms with E-state index < -0.39 is 0 Å². The fourth-order valence-corrected chi connectivity index (χ4v) is 0. The minimum absolute atomic E-state index is 0. The molecule has 2 atom stereocenters. The van der Waals surface area contributed by atoms with Gasteiger partial charge in [-0.05, 0) is 0 Å². The summed E-state index contributed by atoms with van der Waals surface area (Å²) in [6.45, 7) is 0. The van der Waals surface area contributed by atoms with Crippen molar-refractivity contribution in [1.82, 2.24) is 0 Å². The van der Waals surface area contributed by atoms with E-state index in [1.54, 1.807) is 0 Å². The SMILES string of the molecule is P.P.[Al+3].[Al+3].[Fe].[Fe].[O-2].[O-2].[O-2].[Ti].[Ti]. The van der Waals surface area contributed by atoms with Crippen LogP contribution in [-0.4, -0.2) is 34.7 Å². The third-order valence-electron chi connectivity index (χ3n) is 0. The molecule has 2 unspecified atom stereocenters. The summed E-state index contributed by atoms with van der Waals surface area (Å²) in [7, 11) is 0. The molecule has 0 saturated heterocycles. The zero-order valence-electron chi connectivity index (χ0n) is 5.50. The molecule has 0 aliphatic rings. The van der Waals surface area contributed by atoms with E-state index in [0.717, 1.165) is 0 Å². The first-order valence-corrected chi connectivity index (χ1v) is 0. The minimum Gasteiger partial charge on any atom is -2.00 e. The Kier molecular flexibility index (Phi) is 2130. The summed E-state index contributed by atoms with van der Waals surface area (Å²) in [6.07, 6.45) is 0. The Bertz CT molecular complexity index is 25.3. The van der Waals surface area contributed by atoms with Crippen LogP contribution in [0.2, 0.25) is 0 Å². The van der Waals surface area contributed by atoms with Gasteiger partial charge in [0.1, 0.15) is 0 Å². The molecular weight excluding hydrogens is 371 g/mol. The molecule has 0 aliphatic carbocycles. The van der Waals surface area contributed by atoms with Crippen molar-refractivity contribution in [3.8, 4) is 0 Å². The Balaban J connectivity index is 0. The maximum absolute atomic E-state index is 0. The van der Waals surface area contributed by atoms with Gasteiger partial charge in [0.2, 0.25) is 0 Å². The van der Waals surface area contributed by atoms with E-state index in [2.05, 4.69) is 0 Å². The maximum Gasteiger partial charge on any atom is 3.00 e. The van der Waals surface area contributed by atoms with E-state index in [1.807, 2.05) is 0 Å². The zero-order chi connectivity index (χ0) is 0. The summed E-state index contributed by atoms with van der Waals surface area (Å²) in [6, 6.07) is 0. The standard InChI is InChI=1S/2Al.2Fe.3O.2H3P.2Ti/h;;;;;;;2*1H3;;/q2*+3;;;3*-2;;;;. The number of hydrogen-bond acceptors (Lipinski definition) is 0. The Morgan fingerprint density at radius 2 is 0.455 bits per heavy atom. The van der Waals surface area contributed by atoms with Crippen molar-refractivity contribution in [3.05, 3.63) is 0 Å². The molecule has 0 N–H and O–H groups in total. The van der Waals surface area contributed by atoms with Gasteiger partial charge < -0.3 is 16.4 Å². The van der Waals surface area contributed by atoms with Crippen LogP contribution in [0.4, 0.5) is 0 Å². The molecule has 0 aromatic carbocycles. The average Bonchev–Trinajstić information content (AvgIpc) is 0. The van der Waals surface area contributed by atoms with Crippen LogP contribution >= 0.6 is 19.8 Å². The second kappa shape index (κ2) is 138. The van der Waals surface area contributed by atoms with Gasteiger partial charge in [0.05, 0.1) is 0 Å². The molecule has 0 aliphatic heterocycles. The third kappa shape index (κ3) is 118. The maximum atomic E-state index is 0. The second-order valence-corrected chi connectivity index (χ2v) is 0. The molecule has 64 valence electrons.